The van der Waals surface area contributed by atoms with E-state index >= 15 is 0 Å². The Morgan fingerprint density at radius 1 is 0.395 bits per heavy atom. The van der Waals surface area contributed by atoms with Crippen LogP contribution in [0.4, 0.5) is 45.5 Å². The molecule has 114 heavy (non-hydrogen) atoms. The summed E-state index contributed by atoms with van der Waals surface area (Å²) in [6, 6.07) is 38.9. The average molecular weight is 1710 g/mol. The summed E-state index contributed by atoms with van der Waals surface area (Å²) >= 11 is 1.50. The molecule has 38 nitrogen and oxygen atoms in total. The molecular weight excluding hydrogens is 1660 g/mol. The summed E-state index contributed by atoms with van der Waals surface area (Å²) in [4.78, 5) is 31.3. The zero-order valence-electron chi connectivity index (χ0n) is 56.5. The van der Waals surface area contributed by atoms with E-state index in [0.717, 1.165) is 76.8 Å². The third-order valence-electron chi connectivity index (χ3n) is 16.9. The molecule has 4 heterocycles. The zero-order valence-corrected chi connectivity index (χ0v) is 63.0. The fourth-order valence-corrected chi connectivity index (χ4v) is 16.8. The summed E-state index contributed by atoms with van der Waals surface area (Å²) in [6.07, 6.45) is 7.43. The van der Waals surface area contributed by atoms with E-state index in [2.05, 4.69) is 56.7 Å². The van der Waals surface area contributed by atoms with E-state index in [9.17, 15) is 97.6 Å². The molecule has 0 spiro atoms. The predicted molar refractivity (Wildman–Crippen MR) is 414 cm³/mol. The number of hydrogen-bond acceptors (Lipinski definition) is 32. The average Bonchev–Trinajstić information content (AvgIpc) is 0.960. The van der Waals surface area contributed by atoms with Crippen molar-refractivity contribution in [1.82, 2.24) is 9.97 Å². The van der Waals surface area contributed by atoms with Gasteiger partial charge in [0, 0.05) is 44.3 Å². The molecule has 0 bridgehead atoms. The number of amides is 2. The molecular formula is C68H50N10O28S8. The number of nitrogens with one attached hydrogen (secondary N) is 6. The molecule has 16 N–H and O–H groups in total. The molecule has 14 rings (SSSR count). The van der Waals surface area contributed by atoms with E-state index in [0.29, 0.717) is 79.0 Å². The summed E-state index contributed by atoms with van der Waals surface area (Å²) in [5.41, 5.74) is 13.7. The minimum atomic E-state index is -5.11. The second-order valence-corrected chi connectivity index (χ2v) is 34.0. The zero-order chi connectivity index (χ0) is 81.7. The molecule has 0 saturated heterocycles. The van der Waals surface area contributed by atoms with Crippen LogP contribution in [0.5, 0.6) is 11.5 Å². The highest BCUT2D eigenvalue weighted by atomic mass is 32.2. The molecule has 2 aliphatic rings. The third-order valence-corrected chi connectivity index (χ3v) is 23.5. The Bertz CT molecular complexity index is 6630. The van der Waals surface area contributed by atoms with E-state index in [1.165, 1.54) is 72.1 Å². The maximum absolute atomic E-state index is 13.2. The van der Waals surface area contributed by atoms with Gasteiger partial charge in [-0.15, -0.1) is 8.67 Å². The minimum Gasteiger partial charge on any atom is -0.505 e. The maximum Gasteiger partial charge on any atom is 0.295 e. The van der Waals surface area contributed by atoms with E-state index < -0.39 is 115 Å². The lowest BCUT2D eigenvalue weighted by Gasteiger charge is -2.20. The Morgan fingerprint density at radius 2 is 0.781 bits per heavy atom. The Labute approximate surface area is 651 Å². The number of pyridine rings is 2. The second-order valence-electron chi connectivity index (χ2n) is 24.1. The number of carbonyl (C=O) groups is 2. The fourth-order valence-electron chi connectivity index (χ4n) is 11.8. The SMILES string of the molecule is O=C(Nc1ccc(/C=C/c2ccc(NC(=O)c3cc(S(=O)(=O)O)c4cccnc4c3O)cc2S(=O)(=O)O)c(S(=O)(=O)O)c1)c1cc(S(=O)(=O)O)c2cccnc2c1O.O=S(=O)(O)c1ccc2cc3c(cc2c1)NN(c1ccc(/C=C/c2ccc(N4Nc5cc6ccc(SOOO)cc6cc5N4)cc2S(=O)(=O)O)c(SOOO)c1)N3. The third kappa shape index (κ3) is 17.4. The number of nitrogens with zero attached hydrogens (tertiary/aromatic N) is 4. The summed E-state index contributed by atoms with van der Waals surface area (Å²) in [7, 11) is -29.2. The first-order chi connectivity index (χ1) is 53.8. The van der Waals surface area contributed by atoms with Crippen molar-refractivity contribution >= 4 is 210 Å². The highest BCUT2D eigenvalue weighted by molar-refractivity contribution is 7.95. The van der Waals surface area contributed by atoms with Gasteiger partial charge in [0.1, 0.15) is 35.5 Å². The number of hydrazine groups is 4. The van der Waals surface area contributed by atoms with Crippen molar-refractivity contribution in [1.29, 1.82) is 0 Å². The van der Waals surface area contributed by atoms with Crippen LogP contribution < -0.4 is 42.6 Å². The van der Waals surface area contributed by atoms with Gasteiger partial charge >= 0.3 is 0 Å². The molecule has 0 saturated carbocycles. The van der Waals surface area contributed by atoms with E-state index in [1.54, 1.807) is 59.7 Å². The van der Waals surface area contributed by atoms with Crippen LogP contribution in [0, 0.1) is 0 Å². The Hall–Kier alpha value is -11.7. The van der Waals surface area contributed by atoms with Crippen molar-refractivity contribution in [2.75, 3.05) is 42.6 Å². The van der Waals surface area contributed by atoms with Crippen LogP contribution >= 0.6 is 24.1 Å². The molecule has 2 aromatic heterocycles. The number of phenolic OH excluding ortho intramolecular Hbond substituents is 2. The number of carbonyl (C=O) groups excluding carboxylic acids is 2. The Balaban J connectivity index is 0.000000199. The molecule has 0 atom stereocenters. The smallest absolute Gasteiger partial charge is 0.295 e. The Morgan fingerprint density at radius 3 is 1.22 bits per heavy atom. The number of fused-ring (bicyclic) bond motifs is 6. The van der Waals surface area contributed by atoms with Gasteiger partial charge in [0.2, 0.25) is 0 Å². The molecule has 0 radical (unpaired) electrons. The normalized spacial score (nSPS) is 13.2. The molecule has 0 fully saturated rings. The topological polar surface area (TPSA) is 583 Å². The number of aromatic hydroxyl groups is 2. The quantitative estimate of drug-likeness (QED) is 0.00985. The minimum absolute atomic E-state index is 0.166. The van der Waals surface area contributed by atoms with Crippen molar-refractivity contribution in [3.63, 3.8) is 0 Å². The number of phenols is 2. The predicted octanol–water partition coefficient (Wildman–Crippen LogP) is 11.7. The summed E-state index contributed by atoms with van der Waals surface area (Å²) in [6.45, 7) is 0. The molecule has 0 unspecified atom stereocenters. The van der Waals surface area contributed by atoms with Crippen LogP contribution in [0.2, 0.25) is 0 Å². The monoisotopic (exact) mass is 1710 g/mol. The molecule has 2 amide bonds. The van der Waals surface area contributed by atoms with Gasteiger partial charge in [0.25, 0.3) is 72.5 Å². The fraction of sp³-hybridized carbons (Fsp3) is 0. The first-order valence-corrected chi connectivity index (χ1v) is 41.7. The van der Waals surface area contributed by atoms with E-state index in [-0.39, 0.29) is 59.7 Å². The highest BCUT2D eigenvalue weighted by Crippen LogP contribution is 2.42. The standard InChI is InChI=1S/C34H26N6O12S4.C34H24N4O16S4/c41-49-51-53-27-9-5-21-13-29-31(15-23(21)11-27)38-40(36-29)26-8-4-20(34(18-26)56(46,47)48)2-1-19-3-7-25(17-33(19)54-52-50-42)39-35-30-14-22-6-10-28(55(43,44)45)12-24(22)16-32(30)37-39;39-31-23(15-27(57(49,50)51)21-3-1-11-35-29(21)31)33(41)37-19-9-7-17(25(13-19)55(43,44)45)5-6-18-8-10-20(14-26(18)56(46,47)48)38-34(42)24-16-28(58(52,53)54)22-4-2-12-36-30(22)32(24)40/h1-18,35-38,41-42H,(H,43,44,45)(H,46,47,48);1-16,39-40H,(H,37,41)(H,38,42)(H,43,44,45)(H,46,47,48)(H,49,50,51)(H,52,53,54)/b2-1+;6-5+. The van der Waals surface area contributed by atoms with Crippen LogP contribution in [0.15, 0.2) is 221 Å². The lowest BCUT2D eigenvalue weighted by atomic mass is 10.1. The second kappa shape index (κ2) is 31.3. The van der Waals surface area contributed by atoms with Gasteiger partial charge in [-0.25, -0.2) is 10.5 Å². The highest BCUT2D eigenvalue weighted by Gasteiger charge is 2.30. The van der Waals surface area contributed by atoms with Crippen LogP contribution in [0.3, 0.4) is 0 Å². The number of rotatable bonds is 22. The van der Waals surface area contributed by atoms with Crippen LogP contribution in [0.1, 0.15) is 43.0 Å². The summed E-state index contributed by atoms with van der Waals surface area (Å²) < 4.78 is 215. The molecule has 46 heteroatoms. The number of hydrogen-bond donors (Lipinski definition) is 16. The van der Waals surface area contributed by atoms with Crippen LogP contribution in [0.25, 0.3) is 67.7 Å². The largest absolute Gasteiger partial charge is 0.505 e. The lowest BCUT2D eigenvalue weighted by molar-refractivity contribution is -0.432. The maximum atomic E-state index is 13.2. The Kier molecular flexibility index (Phi) is 22.1. The summed E-state index contributed by atoms with van der Waals surface area (Å²) in [5, 5.41) is 56.4. The van der Waals surface area contributed by atoms with Crippen molar-refractivity contribution in [3.8, 4) is 11.5 Å². The van der Waals surface area contributed by atoms with Gasteiger partial charge in [-0.3, -0.25) is 68.6 Å². The number of anilines is 8. The molecule has 2 aliphatic heterocycles. The molecule has 10 aromatic carbocycles. The number of aromatic nitrogens is 2. The number of benzene rings is 10. The van der Waals surface area contributed by atoms with Crippen LogP contribution in [-0.4, -0.2) is 120 Å². The van der Waals surface area contributed by atoms with Crippen molar-refractivity contribution in [3.05, 3.63) is 216 Å². The first-order valence-electron chi connectivity index (χ1n) is 31.5. The van der Waals surface area contributed by atoms with Gasteiger partial charge in [0.15, 0.2) is 11.5 Å². The van der Waals surface area contributed by atoms with Gasteiger partial charge in [-0.05, 0) is 177 Å². The molecule has 12 aromatic rings. The molecule has 588 valence electrons. The van der Waals surface area contributed by atoms with Crippen molar-refractivity contribution < 1.29 is 127 Å². The summed E-state index contributed by atoms with van der Waals surface area (Å²) in [5.74, 6) is -3.97. The molecule has 0 aliphatic carbocycles. The van der Waals surface area contributed by atoms with Gasteiger partial charge in [0.05, 0.1) is 74.2 Å². The van der Waals surface area contributed by atoms with Gasteiger partial charge in [-0.1, -0.05) is 70.8 Å². The van der Waals surface area contributed by atoms with Gasteiger partial charge in [-0.2, -0.15) is 60.7 Å². The van der Waals surface area contributed by atoms with Crippen LogP contribution in [-0.2, 0) is 79.5 Å². The van der Waals surface area contributed by atoms with Crippen molar-refractivity contribution in [2.45, 2.75) is 39.2 Å². The lowest BCUT2D eigenvalue weighted by Crippen LogP contribution is -2.29. The first kappa shape index (κ1) is 80.3. The van der Waals surface area contributed by atoms with Gasteiger partial charge < -0.3 is 20.8 Å². The van der Waals surface area contributed by atoms with E-state index in [1.807, 2.05) is 24.3 Å². The van der Waals surface area contributed by atoms with E-state index in [4.69, 9.17) is 14.8 Å². The van der Waals surface area contributed by atoms with Crippen molar-refractivity contribution in [2.24, 2.45) is 0 Å².